The molecule has 0 bridgehead atoms. The molecule has 0 aliphatic carbocycles. The molecule has 2 aromatic carbocycles. The molecular formula is C23H24ClN3O3. The van der Waals surface area contributed by atoms with Gasteiger partial charge in [0.05, 0.1) is 11.1 Å². The van der Waals surface area contributed by atoms with Crippen LogP contribution in [0.15, 0.2) is 61.2 Å². The number of fused-ring (bicyclic) bond motifs is 1. The molecule has 2 heterocycles. The number of benzene rings is 2. The van der Waals surface area contributed by atoms with Crippen LogP contribution in [0.3, 0.4) is 0 Å². The molecule has 0 radical (unpaired) electrons. The van der Waals surface area contributed by atoms with E-state index in [1.165, 1.54) is 17.7 Å². The third kappa shape index (κ3) is 3.64. The van der Waals surface area contributed by atoms with Gasteiger partial charge in [0, 0.05) is 31.1 Å². The van der Waals surface area contributed by atoms with E-state index in [0.29, 0.717) is 30.8 Å². The van der Waals surface area contributed by atoms with E-state index < -0.39 is 0 Å². The zero-order chi connectivity index (χ0) is 20.5. The van der Waals surface area contributed by atoms with E-state index in [0.717, 1.165) is 4.90 Å². The van der Waals surface area contributed by atoms with Gasteiger partial charge in [0.2, 0.25) is 0 Å². The lowest BCUT2D eigenvalue weighted by atomic mass is 9.89. The second-order valence-corrected chi connectivity index (χ2v) is 7.49. The molecule has 1 saturated heterocycles. The van der Waals surface area contributed by atoms with Crippen LogP contribution in [0.1, 0.15) is 42.6 Å². The van der Waals surface area contributed by atoms with Gasteiger partial charge in [0.1, 0.15) is 0 Å². The van der Waals surface area contributed by atoms with Crippen molar-refractivity contribution in [1.82, 2.24) is 9.80 Å². The number of hydrogen-bond donors (Lipinski definition) is 1. The van der Waals surface area contributed by atoms with Crippen LogP contribution in [0.2, 0.25) is 0 Å². The molecular weight excluding hydrogens is 402 g/mol. The first-order valence-electron chi connectivity index (χ1n) is 9.70. The van der Waals surface area contributed by atoms with Gasteiger partial charge in [0.25, 0.3) is 17.7 Å². The number of likely N-dealkylation sites (tertiary alicyclic amines) is 1. The number of carbonyl (C=O) groups is 3. The first kappa shape index (κ1) is 21.7. The van der Waals surface area contributed by atoms with Crippen molar-refractivity contribution in [2.75, 3.05) is 26.2 Å². The van der Waals surface area contributed by atoms with Crippen molar-refractivity contribution < 1.29 is 14.4 Å². The van der Waals surface area contributed by atoms with Crippen LogP contribution in [0, 0.1) is 5.92 Å². The van der Waals surface area contributed by atoms with Gasteiger partial charge in [-0.25, -0.2) is 0 Å². The van der Waals surface area contributed by atoms with Crippen molar-refractivity contribution in [2.24, 2.45) is 11.7 Å². The lowest BCUT2D eigenvalue weighted by Gasteiger charge is -2.17. The minimum atomic E-state index is -0.386. The van der Waals surface area contributed by atoms with E-state index in [9.17, 15) is 14.4 Å². The van der Waals surface area contributed by atoms with E-state index in [1.807, 2.05) is 18.2 Å². The van der Waals surface area contributed by atoms with Crippen molar-refractivity contribution in [1.29, 1.82) is 0 Å². The Morgan fingerprint density at radius 1 is 1.07 bits per heavy atom. The van der Waals surface area contributed by atoms with Crippen molar-refractivity contribution in [3.63, 3.8) is 0 Å². The third-order valence-electron chi connectivity index (χ3n) is 5.79. The fourth-order valence-corrected chi connectivity index (χ4v) is 4.26. The predicted molar refractivity (Wildman–Crippen MR) is 117 cm³/mol. The number of carbonyl (C=O) groups excluding carboxylic acids is 3. The fraction of sp³-hybridized carbons (Fsp3) is 0.261. The Morgan fingerprint density at radius 3 is 2.43 bits per heavy atom. The Kier molecular flexibility index (Phi) is 6.39. The molecule has 0 spiro atoms. The molecule has 2 aliphatic heterocycles. The van der Waals surface area contributed by atoms with Crippen LogP contribution in [0.25, 0.3) is 0 Å². The van der Waals surface area contributed by atoms with Crippen molar-refractivity contribution in [3.05, 3.63) is 83.4 Å². The summed E-state index contributed by atoms with van der Waals surface area (Å²) in [6.45, 7) is 5.38. The summed E-state index contributed by atoms with van der Waals surface area (Å²) in [5.74, 6) is -0.514. The fourth-order valence-electron chi connectivity index (χ4n) is 4.26. The molecule has 0 saturated carbocycles. The summed E-state index contributed by atoms with van der Waals surface area (Å²) in [6.07, 6.45) is 1.51. The number of nitrogens with zero attached hydrogens (tertiary/aromatic N) is 2. The predicted octanol–water partition coefficient (Wildman–Crippen LogP) is 2.70. The summed E-state index contributed by atoms with van der Waals surface area (Å²) in [5.41, 5.74) is 8.17. The molecule has 7 heteroatoms. The quantitative estimate of drug-likeness (QED) is 0.589. The Hall–Kier alpha value is -2.96. The first-order valence-corrected chi connectivity index (χ1v) is 9.70. The minimum Gasteiger partial charge on any atom is -0.338 e. The number of halogens is 1. The van der Waals surface area contributed by atoms with Crippen molar-refractivity contribution in [3.8, 4) is 0 Å². The summed E-state index contributed by atoms with van der Waals surface area (Å²) in [5, 5.41) is 0. The molecule has 0 aromatic heterocycles. The van der Waals surface area contributed by atoms with Gasteiger partial charge in [-0.3, -0.25) is 19.3 Å². The lowest BCUT2D eigenvalue weighted by Crippen LogP contribution is -2.30. The summed E-state index contributed by atoms with van der Waals surface area (Å²) in [6, 6.07) is 14.8. The Morgan fingerprint density at radius 2 is 1.77 bits per heavy atom. The molecule has 2 aliphatic rings. The zero-order valence-corrected chi connectivity index (χ0v) is 17.3. The highest BCUT2D eigenvalue weighted by atomic mass is 35.5. The maximum absolute atomic E-state index is 13.1. The van der Waals surface area contributed by atoms with Crippen LogP contribution in [0.5, 0.6) is 0 Å². The van der Waals surface area contributed by atoms with Crippen LogP contribution >= 0.6 is 12.4 Å². The van der Waals surface area contributed by atoms with Gasteiger partial charge in [-0.05, 0) is 36.2 Å². The van der Waals surface area contributed by atoms with Crippen LogP contribution in [-0.2, 0) is 0 Å². The lowest BCUT2D eigenvalue weighted by molar-refractivity contribution is 0.0671. The van der Waals surface area contributed by atoms with Crippen LogP contribution in [0.4, 0.5) is 0 Å². The molecule has 4 rings (SSSR count). The second-order valence-electron chi connectivity index (χ2n) is 7.49. The third-order valence-corrected chi connectivity index (χ3v) is 5.79. The van der Waals surface area contributed by atoms with Gasteiger partial charge in [-0.2, -0.15) is 0 Å². The second kappa shape index (κ2) is 8.81. The van der Waals surface area contributed by atoms with Crippen LogP contribution < -0.4 is 5.73 Å². The minimum absolute atomic E-state index is 0. The Bertz CT molecular complexity index is 992. The molecule has 6 nitrogen and oxygen atoms in total. The Labute approximate surface area is 181 Å². The van der Waals surface area contributed by atoms with Crippen molar-refractivity contribution >= 4 is 30.1 Å². The number of hydrogen-bond acceptors (Lipinski definition) is 4. The van der Waals surface area contributed by atoms with Gasteiger partial charge in [-0.15, -0.1) is 19.0 Å². The monoisotopic (exact) mass is 425 g/mol. The number of amides is 3. The maximum atomic E-state index is 13.1. The summed E-state index contributed by atoms with van der Waals surface area (Å²) in [4.78, 5) is 41.0. The molecule has 2 N–H and O–H groups in total. The standard InChI is InChI=1S/C23H23N3O3.ClH/c1-2-10-26-22(28)18-9-8-16(11-19(18)23(26)29)21(27)25-13-17(12-24)20(14-25)15-6-4-3-5-7-15;/h2-9,11,17,20H,1,10,12-14,24H2;1H/t17-,20+;/m1./s1. The average Bonchev–Trinajstić information content (AvgIpc) is 3.29. The van der Waals surface area contributed by atoms with E-state index in [1.54, 1.807) is 17.0 Å². The first-order chi connectivity index (χ1) is 14.0. The largest absolute Gasteiger partial charge is 0.338 e. The van der Waals surface area contributed by atoms with Gasteiger partial charge in [0.15, 0.2) is 0 Å². The van der Waals surface area contributed by atoms with Gasteiger partial charge >= 0.3 is 0 Å². The molecule has 3 amide bonds. The highest BCUT2D eigenvalue weighted by molar-refractivity contribution is 6.22. The zero-order valence-electron chi connectivity index (χ0n) is 16.5. The smallest absolute Gasteiger partial charge is 0.261 e. The average molecular weight is 426 g/mol. The number of nitrogens with two attached hydrogens (primary N) is 1. The van der Waals surface area contributed by atoms with Gasteiger partial charge in [-0.1, -0.05) is 36.4 Å². The highest BCUT2D eigenvalue weighted by Crippen LogP contribution is 2.33. The van der Waals surface area contributed by atoms with Crippen LogP contribution in [-0.4, -0.2) is 53.7 Å². The van der Waals surface area contributed by atoms with E-state index in [2.05, 4.69) is 18.7 Å². The SMILES string of the molecule is C=CCN1C(=O)c2ccc(C(=O)N3C[C@@H](CN)[C@H](c4ccccc4)C3)cc2C1=O.Cl. The normalized spacial score (nSPS) is 20.2. The van der Waals surface area contributed by atoms with E-state index >= 15 is 0 Å². The topological polar surface area (TPSA) is 83.7 Å². The van der Waals surface area contributed by atoms with Gasteiger partial charge < -0.3 is 10.6 Å². The Balaban J connectivity index is 0.00000256. The molecule has 2 aromatic rings. The van der Waals surface area contributed by atoms with E-state index in [4.69, 9.17) is 5.73 Å². The summed E-state index contributed by atoms with van der Waals surface area (Å²) < 4.78 is 0. The molecule has 1 fully saturated rings. The summed E-state index contributed by atoms with van der Waals surface area (Å²) >= 11 is 0. The summed E-state index contributed by atoms with van der Waals surface area (Å²) in [7, 11) is 0. The maximum Gasteiger partial charge on any atom is 0.261 e. The van der Waals surface area contributed by atoms with E-state index in [-0.39, 0.29) is 54.1 Å². The molecule has 2 atom stereocenters. The highest BCUT2D eigenvalue weighted by Gasteiger charge is 2.38. The molecule has 156 valence electrons. The number of imide groups is 1. The number of rotatable bonds is 5. The molecule has 0 unspecified atom stereocenters. The molecule has 30 heavy (non-hydrogen) atoms. The van der Waals surface area contributed by atoms with Crippen molar-refractivity contribution in [2.45, 2.75) is 5.92 Å².